The predicted molar refractivity (Wildman–Crippen MR) is 78.2 cm³/mol. The van der Waals surface area contributed by atoms with Crippen molar-refractivity contribution < 1.29 is 9.47 Å². The van der Waals surface area contributed by atoms with E-state index in [9.17, 15) is 0 Å². The Morgan fingerprint density at radius 2 is 1.68 bits per heavy atom. The first kappa shape index (κ1) is 15.3. The maximum absolute atomic E-state index is 6.24. The van der Waals surface area contributed by atoms with Gasteiger partial charge in [0.2, 0.25) is 0 Å². The first-order valence-corrected chi connectivity index (χ1v) is 7.78. The molecule has 1 unspecified atom stereocenters. The van der Waals surface area contributed by atoms with Crippen LogP contribution in [-0.2, 0) is 9.47 Å². The molecular formula is C16H31NO2. The molecule has 1 heterocycles. The number of nitrogens with two attached hydrogens (primary N) is 1. The van der Waals surface area contributed by atoms with Crippen LogP contribution in [0.25, 0.3) is 0 Å². The van der Waals surface area contributed by atoms with E-state index >= 15 is 0 Å². The second-order valence-corrected chi connectivity index (χ2v) is 7.90. The van der Waals surface area contributed by atoms with Crippen molar-refractivity contribution in [3.05, 3.63) is 0 Å². The van der Waals surface area contributed by atoms with E-state index in [2.05, 4.69) is 27.7 Å². The Kier molecular flexibility index (Phi) is 4.29. The molecule has 0 aromatic carbocycles. The van der Waals surface area contributed by atoms with Gasteiger partial charge in [0.05, 0.1) is 23.9 Å². The van der Waals surface area contributed by atoms with Gasteiger partial charge in [-0.15, -0.1) is 0 Å². The molecule has 0 aromatic heterocycles. The molecule has 0 amide bonds. The molecule has 1 aliphatic heterocycles. The van der Waals surface area contributed by atoms with Crippen molar-refractivity contribution in [2.45, 2.75) is 83.5 Å². The summed E-state index contributed by atoms with van der Waals surface area (Å²) in [5.74, 6) is 0. The Balaban J connectivity index is 1.83. The molecule has 2 rings (SSSR count). The van der Waals surface area contributed by atoms with Gasteiger partial charge in [-0.2, -0.15) is 0 Å². The normalized spacial score (nSPS) is 32.4. The Morgan fingerprint density at radius 1 is 1.05 bits per heavy atom. The molecule has 1 aliphatic carbocycles. The Labute approximate surface area is 118 Å². The van der Waals surface area contributed by atoms with Gasteiger partial charge in [0, 0.05) is 6.54 Å². The Bertz CT molecular complexity index is 302. The van der Waals surface area contributed by atoms with E-state index in [1.54, 1.807) is 0 Å². The lowest BCUT2D eigenvalue weighted by Gasteiger charge is -2.43. The van der Waals surface area contributed by atoms with Gasteiger partial charge in [0.15, 0.2) is 0 Å². The molecular weight excluding hydrogens is 238 g/mol. The van der Waals surface area contributed by atoms with Crippen LogP contribution >= 0.6 is 0 Å². The lowest BCUT2D eigenvalue weighted by Crippen LogP contribution is -2.46. The van der Waals surface area contributed by atoms with E-state index in [-0.39, 0.29) is 17.3 Å². The van der Waals surface area contributed by atoms with Crippen LogP contribution in [0.15, 0.2) is 0 Å². The zero-order valence-electron chi connectivity index (χ0n) is 13.1. The van der Waals surface area contributed by atoms with Gasteiger partial charge in [0.1, 0.15) is 0 Å². The zero-order valence-corrected chi connectivity index (χ0v) is 13.1. The van der Waals surface area contributed by atoms with Gasteiger partial charge in [-0.25, -0.2) is 0 Å². The van der Waals surface area contributed by atoms with Gasteiger partial charge >= 0.3 is 0 Å². The highest BCUT2D eigenvalue weighted by molar-refractivity contribution is 4.92. The summed E-state index contributed by atoms with van der Waals surface area (Å²) in [6.07, 6.45) is 7.10. The highest BCUT2D eigenvalue weighted by atomic mass is 16.6. The monoisotopic (exact) mass is 269 g/mol. The zero-order chi connectivity index (χ0) is 14.1. The third-order valence-electron chi connectivity index (χ3n) is 5.02. The third kappa shape index (κ3) is 3.93. The second-order valence-electron chi connectivity index (χ2n) is 7.90. The van der Waals surface area contributed by atoms with Crippen LogP contribution in [0.1, 0.15) is 66.2 Å². The van der Waals surface area contributed by atoms with Crippen molar-refractivity contribution in [2.24, 2.45) is 11.1 Å². The second kappa shape index (κ2) is 5.34. The standard InChI is InChI=1S/C16H31NO2/c1-14(2)7-9-16(12-17,10-8-14)18-11-13-5-6-15(3,4)19-13/h13H,5-12,17H2,1-4H3. The predicted octanol–water partition coefficient (Wildman–Crippen LogP) is 3.26. The first-order chi connectivity index (χ1) is 8.76. The van der Waals surface area contributed by atoms with Gasteiger partial charge in [-0.1, -0.05) is 13.8 Å². The van der Waals surface area contributed by atoms with Crippen molar-refractivity contribution in [1.29, 1.82) is 0 Å². The highest BCUT2D eigenvalue weighted by Gasteiger charge is 2.40. The summed E-state index contributed by atoms with van der Waals surface area (Å²) >= 11 is 0. The smallest absolute Gasteiger partial charge is 0.0817 e. The SMILES string of the molecule is CC1(C)CCC(CN)(OCC2CCC(C)(C)O2)CC1. The quantitative estimate of drug-likeness (QED) is 0.852. The summed E-state index contributed by atoms with van der Waals surface area (Å²) in [5, 5.41) is 0. The molecule has 2 aliphatic rings. The van der Waals surface area contributed by atoms with Crippen LogP contribution in [0.5, 0.6) is 0 Å². The van der Waals surface area contributed by atoms with Gasteiger partial charge in [-0.3, -0.25) is 0 Å². The molecule has 2 N–H and O–H groups in total. The molecule has 3 heteroatoms. The average molecular weight is 269 g/mol. The summed E-state index contributed by atoms with van der Waals surface area (Å²) < 4.78 is 12.2. The largest absolute Gasteiger partial charge is 0.371 e. The summed E-state index contributed by atoms with van der Waals surface area (Å²) in [5.41, 5.74) is 6.39. The average Bonchev–Trinajstić information content (AvgIpc) is 2.69. The molecule has 0 radical (unpaired) electrons. The molecule has 112 valence electrons. The fourth-order valence-electron chi connectivity index (χ4n) is 3.25. The molecule has 1 atom stereocenters. The third-order valence-corrected chi connectivity index (χ3v) is 5.02. The van der Waals surface area contributed by atoms with Crippen LogP contribution < -0.4 is 5.73 Å². The summed E-state index contributed by atoms with van der Waals surface area (Å²) in [6.45, 7) is 10.4. The Hall–Kier alpha value is -0.120. The fourth-order valence-corrected chi connectivity index (χ4v) is 3.25. The minimum absolute atomic E-state index is 0.0263. The van der Waals surface area contributed by atoms with Crippen molar-refractivity contribution in [3.63, 3.8) is 0 Å². The highest BCUT2D eigenvalue weighted by Crippen LogP contribution is 2.42. The van der Waals surface area contributed by atoms with Gasteiger partial charge < -0.3 is 15.2 Å². The lowest BCUT2D eigenvalue weighted by atomic mass is 9.71. The maximum atomic E-state index is 6.24. The molecule has 1 saturated carbocycles. The van der Waals surface area contributed by atoms with E-state index in [1.807, 2.05) is 0 Å². The molecule has 3 nitrogen and oxygen atoms in total. The topological polar surface area (TPSA) is 44.5 Å². The van der Waals surface area contributed by atoms with Gasteiger partial charge in [-0.05, 0) is 57.8 Å². The molecule has 1 saturated heterocycles. The number of rotatable bonds is 4. The van der Waals surface area contributed by atoms with E-state index in [4.69, 9.17) is 15.2 Å². The number of ether oxygens (including phenoxy) is 2. The van der Waals surface area contributed by atoms with E-state index < -0.39 is 0 Å². The fraction of sp³-hybridized carbons (Fsp3) is 1.00. The van der Waals surface area contributed by atoms with Gasteiger partial charge in [0.25, 0.3) is 0 Å². The molecule has 0 aromatic rings. The maximum Gasteiger partial charge on any atom is 0.0817 e. The summed E-state index contributed by atoms with van der Waals surface area (Å²) in [6, 6.07) is 0. The Morgan fingerprint density at radius 3 is 2.16 bits per heavy atom. The summed E-state index contributed by atoms with van der Waals surface area (Å²) in [7, 11) is 0. The van der Waals surface area contributed by atoms with E-state index in [1.165, 1.54) is 12.8 Å². The number of hydrogen-bond acceptors (Lipinski definition) is 3. The van der Waals surface area contributed by atoms with Crippen molar-refractivity contribution in [3.8, 4) is 0 Å². The van der Waals surface area contributed by atoms with Crippen LogP contribution in [-0.4, -0.2) is 30.5 Å². The van der Waals surface area contributed by atoms with Crippen molar-refractivity contribution in [1.82, 2.24) is 0 Å². The van der Waals surface area contributed by atoms with Crippen LogP contribution in [0.4, 0.5) is 0 Å². The van der Waals surface area contributed by atoms with Crippen molar-refractivity contribution in [2.75, 3.05) is 13.2 Å². The van der Waals surface area contributed by atoms with Crippen LogP contribution in [0, 0.1) is 5.41 Å². The lowest BCUT2D eigenvalue weighted by molar-refractivity contribution is -0.125. The van der Waals surface area contributed by atoms with Crippen LogP contribution in [0.2, 0.25) is 0 Å². The molecule has 0 bridgehead atoms. The summed E-state index contributed by atoms with van der Waals surface area (Å²) in [4.78, 5) is 0. The molecule has 2 fully saturated rings. The van der Waals surface area contributed by atoms with Crippen molar-refractivity contribution >= 4 is 0 Å². The minimum Gasteiger partial charge on any atom is -0.371 e. The van der Waals surface area contributed by atoms with E-state index in [0.717, 1.165) is 25.7 Å². The van der Waals surface area contributed by atoms with E-state index in [0.29, 0.717) is 18.6 Å². The van der Waals surface area contributed by atoms with Crippen LogP contribution in [0.3, 0.4) is 0 Å². The first-order valence-electron chi connectivity index (χ1n) is 7.78. The number of hydrogen-bond donors (Lipinski definition) is 1. The minimum atomic E-state index is -0.0917. The molecule has 0 spiro atoms. The molecule has 19 heavy (non-hydrogen) atoms.